The largest absolute Gasteiger partial charge is 0.341 e. The summed E-state index contributed by atoms with van der Waals surface area (Å²) in [5.74, 6) is 0.130. The zero-order valence-electron chi connectivity index (χ0n) is 7.45. The van der Waals surface area contributed by atoms with Gasteiger partial charge in [-0.25, -0.2) is 0 Å². The zero-order chi connectivity index (χ0) is 8.27. The monoisotopic (exact) mass is 192 g/mol. The number of amides is 1. The molecule has 1 atom stereocenters. The van der Waals surface area contributed by atoms with Crippen LogP contribution in [0.15, 0.2) is 0 Å². The maximum absolute atomic E-state index is 11.4. The van der Waals surface area contributed by atoms with Gasteiger partial charge in [-0.15, -0.1) is 12.4 Å². The van der Waals surface area contributed by atoms with E-state index >= 15 is 0 Å². The van der Waals surface area contributed by atoms with Gasteiger partial charge in [0, 0.05) is 13.1 Å². The lowest BCUT2D eigenvalue weighted by Crippen LogP contribution is -2.41. The van der Waals surface area contributed by atoms with E-state index in [0.717, 1.165) is 32.4 Å². The van der Waals surface area contributed by atoms with Crippen molar-refractivity contribution in [3.63, 3.8) is 0 Å². The highest BCUT2D eigenvalue weighted by molar-refractivity contribution is 5.85. The van der Waals surface area contributed by atoms with Crippen molar-refractivity contribution >= 4 is 18.3 Å². The molecule has 0 aromatic heterocycles. The Morgan fingerprint density at radius 3 is 2.42 bits per heavy atom. The number of nitrogens with two attached hydrogens (primary N) is 1. The van der Waals surface area contributed by atoms with Gasteiger partial charge in [-0.3, -0.25) is 4.79 Å². The molecule has 4 heteroatoms. The van der Waals surface area contributed by atoms with Gasteiger partial charge in [-0.05, 0) is 19.3 Å². The predicted molar refractivity (Wildman–Crippen MR) is 51.3 cm³/mol. The molecule has 1 rings (SSSR count). The Hall–Kier alpha value is -0.280. The summed E-state index contributed by atoms with van der Waals surface area (Å²) in [6.45, 7) is 3.76. The molecule has 2 N–H and O–H groups in total. The highest BCUT2D eigenvalue weighted by Crippen LogP contribution is 2.08. The topological polar surface area (TPSA) is 46.3 Å². The minimum Gasteiger partial charge on any atom is -0.341 e. The summed E-state index contributed by atoms with van der Waals surface area (Å²) in [4.78, 5) is 13.2. The lowest BCUT2D eigenvalue weighted by atomic mass is 10.2. The Balaban J connectivity index is 0.00000121. The molecule has 0 saturated carbocycles. The molecule has 1 aliphatic rings. The number of carbonyl (C=O) groups is 1. The first-order valence-electron chi connectivity index (χ1n) is 4.30. The van der Waals surface area contributed by atoms with Crippen LogP contribution < -0.4 is 5.73 Å². The first kappa shape index (κ1) is 11.7. The van der Waals surface area contributed by atoms with Crippen LogP contribution in [-0.2, 0) is 4.79 Å². The van der Waals surface area contributed by atoms with Gasteiger partial charge in [0.15, 0.2) is 0 Å². The van der Waals surface area contributed by atoms with E-state index in [0.29, 0.717) is 0 Å². The molecule has 1 fully saturated rings. The third kappa shape index (κ3) is 2.64. The minimum absolute atomic E-state index is 0. The van der Waals surface area contributed by atoms with E-state index < -0.39 is 0 Å². The van der Waals surface area contributed by atoms with E-state index in [4.69, 9.17) is 5.73 Å². The predicted octanol–water partition coefficient (Wildman–Crippen LogP) is 0.768. The smallest absolute Gasteiger partial charge is 0.239 e. The third-order valence-electron chi connectivity index (χ3n) is 2.17. The molecular formula is C8H17ClN2O. The number of rotatable bonds is 2. The molecule has 0 aromatic rings. The molecule has 12 heavy (non-hydrogen) atoms. The molecule has 1 amide bonds. The van der Waals surface area contributed by atoms with Gasteiger partial charge in [0.1, 0.15) is 0 Å². The number of hydrogen-bond acceptors (Lipinski definition) is 2. The Labute approximate surface area is 79.7 Å². The molecule has 0 bridgehead atoms. The van der Waals surface area contributed by atoms with Crippen molar-refractivity contribution in [2.24, 2.45) is 5.73 Å². The second-order valence-electron chi connectivity index (χ2n) is 3.05. The molecule has 1 aliphatic heterocycles. The molecule has 0 aromatic carbocycles. The Morgan fingerprint density at radius 2 is 2.00 bits per heavy atom. The maximum atomic E-state index is 11.4. The van der Waals surface area contributed by atoms with E-state index in [1.54, 1.807) is 0 Å². The van der Waals surface area contributed by atoms with Crippen molar-refractivity contribution in [1.29, 1.82) is 0 Å². The quantitative estimate of drug-likeness (QED) is 0.703. The van der Waals surface area contributed by atoms with E-state index in [-0.39, 0.29) is 24.4 Å². The molecule has 0 spiro atoms. The van der Waals surface area contributed by atoms with Gasteiger partial charge < -0.3 is 10.6 Å². The molecule has 0 unspecified atom stereocenters. The van der Waals surface area contributed by atoms with E-state index in [2.05, 4.69) is 0 Å². The maximum Gasteiger partial charge on any atom is 0.239 e. The fourth-order valence-corrected chi connectivity index (χ4v) is 1.35. The normalized spacial score (nSPS) is 18.7. The van der Waals surface area contributed by atoms with Gasteiger partial charge in [-0.1, -0.05) is 6.92 Å². The fourth-order valence-electron chi connectivity index (χ4n) is 1.35. The third-order valence-corrected chi connectivity index (χ3v) is 2.17. The Kier molecular flexibility index (Phi) is 5.25. The number of hydrogen-bond donors (Lipinski definition) is 1. The molecule has 3 nitrogen and oxygen atoms in total. The molecule has 1 saturated heterocycles. The highest BCUT2D eigenvalue weighted by atomic mass is 35.5. The van der Waals surface area contributed by atoms with E-state index in [9.17, 15) is 4.79 Å². The van der Waals surface area contributed by atoms with Crippen LogP contribution in [0.3, 0.4) is 0 Å². The number of nitrogens with zero attached hydrogens (tertiary/aromatic N) is 1. The summed E-state index contributed by atoms with van der Waals surface area (Å²) < 4.78 is 0. The van der Waals surface area contributed by atoms with Crippen molar-refractivity contribution < 1.29 is 4.79 Å². The summed E-state index contributed by atoms with van der Waals surface area (Å²) in [7, 11) is 0. The van der Waals surface area contributed by atoms with E-state index in [1.165, 1.54) is 0 Å². The lowest BCUT2D eigenvalue weighted by molar-refractivity contribution is -0.131. The van der Waals surface area contributed by atoms with E-state index in [1.807, 2.05) is 11.8 Å². The van der Waals surface area contributed by atoms with Crippen LogP contribution in [0.25, 0.3) is 0 Å². The van der Waals surface area contributed by atoms with Gasteiger partial charge in [0.05, 0.1) is 6.04 Å². The lowest BCUT2D eigenvalue weighted by Gasteiger charge is -2.18. The van der Waals surface area contributed by atoms with Crippen molar-refractivity contribution in [3.8, 4) is 0 Å². The number of halogens is 1. The van der Waals surface area contributed by atoms with Crippen LogP contribution in [0.1, 0.15) is 26.2 Å². The number of carbonyl (C=O) groups excluding carboxylic acids is 1. The molecular weight excluding hydrogens is 176 g/mol. The second-order valence-corrected chi connectivity index (χ2v) is 3.05. The van der Waals surface area contributed by atoms with Crippen molar-refractivity contribution in [2.75, 3.05) is 13.1 Å². The van der Waals surface area contributed by atoms with Crippen LogP contribution in [0.5, 0.6) is 0 Å². The summed E-state index contributed by atoms with van der Waals surface area (Å²) in [5.41, 5.74) is 5.61. The minimum atomic E-state index is -0.270. The van der Waals surface area contributed by atoms with Crippen LogP contribution in [-0.4, -0.2) is 29.9 Å². The molecule has 1 heterocycles. The Bertz CT molecular complexity index is 146. The van der Waals surface area contributed by atoms with Gasteiger partial charge in [-0.2, -0.15) is 0 Å². The average Bonchev–Trinajstić information content (AvgIpc) is 2.53. The first-order valence-corrected chi connectivity index (χ1v) is 4.30. The van der Waals surface area contributed by atoms with Crippen LogP contribution in [0, 0.1) is 0 Å². The summed E-state index contributed by atoms with van der Waals surface area (Å²) >= 11 is 0. The average molecular weight is 193 g/mol. The highest BCUT2D eigenvalue weighted by Gasteiger charge is 2.21. The molecule has 72 valence electrons. The van der Waals surface area contributed by atoms with Crippen LogP contribution >= 0.6 is 12.4 Å². The second kappa shape index (κ2) is 5.38. The van der Waals surface area contributed by atoms with Crippen LogP contribution in [0.4, 0.5) is 0 Å². The molecule has 0 radical (unpaired) electrons. The number of likely N-dealkylation sites (tertiary alicyclic amines) is 1. The van der Waals surface area contributed by atoms with Crippen LogP contribution in [0.2, 0.25) is 0 Å². The molecule has 0 aliphatic carbocycles. The first-order chi connectivity index (χ1) is 5.25. The van der Waals surface area contributed by atoms with Crippen molar-refractivity contribution in [2.45, 2.75) is 32.2 Å². The standard InChI is InChI=1S/C8H16N2O.ClH/c1-2-7(9)8(11)10-5-3-4-6-10;/h7H,2-6,9H2,1H3;1H/t7-;/m1./s1. The van der Waals surface area contributed by atoms with Gasteiger partial charge in [0.25, 0.3) is 0 Å². The summed E-state index contributed by atoms with van der Waals surface area (Å²) in [6, 6.07) is -0.270. The summed E-state index contributed by atoms with van der Waals surface area (Å²) in [6.07, 6.45) is 3.03. The van der Waals surface area contributed by atoms with Crippen molar-refractivity contribution in [1.82, 2.24) is 4.90 Å². The fraction of sp³-hybridized carbons (Fsp3) is 0.875. The zero-order valence-corrected chi connectivity index (χ0v) is 8.27. The van der Waals surface area contributed by atoms with Gasteiger partial charge >= 0.3 is 0 Å². The summed E-state index contributed by atoms with van der Waals surface area (Å²) in [5, 5.41) is 0. The van der Waals surface area contributed by atoms with Crippen molar-refractivity contribution in [3.05, 3.63) is 0 Å². The SMILES string of the molecule is CC[C@@H](N)C(=O)N1CCCC1.Cl. The Morgan fingerprint density at radius 1 is 1.50 bits per heavy atom. The van der Waals surface area contributed by atoms with Gasteiger partial charge in [0.2, 0.25) is 5.91 Å².